The Bertz CT molecular complexity index is 1340. The topological polar surface area (TPSA) is 164 Å². The van der Waals surface area contributed by atoms with Gasteiger partial charge in [-0.2, -0.15) is 0 Å². The van der Waals surface area contributed by atoms with Crippen LogP contribution in [0, 0.1) is 11.2 Å². The number of ether oxygens (including phenoxy) is 1. The van der Waals surface area contributed by atoms with Crippen molar-refractivity contribution in [1.29, 1.82) is 0 Å². The fourth-order valence-electron chi connectivity index (χ4n) is 5.10. The minimum absolute atomic E-state index is 0. The first-order chi connectivity index (χ1) is 17.4. The molecule has 1 aliphatic heterocycles. The minimum atomic E-state index is -1.38. The molecule has 1 aliphatic carbocycles. The second-order valence-electron chi connectivity index (χ2n) is 10.4. The van der Waals surface area contributed by atoms with E-state index in [1.165, 1.54) is 13.3 Å². The van der Waals surface area contributed by atoms with Crippen LogP contribution in [-0.4, -0.2) is 64.9 Å². The number of amides is 1. The zero-order valence-electron chi connectivity index (χ0n) is 21.3. The molecule has 1 unspecified atom stereocenters. The molecule has 11 nitrogen and oxygen atoms in total. The predicted molar refractivity (Wildman–Crippen MR) is 140 cm³/mol. The lowest BCUT2D eigenvalue weighted by Crippen LogP contribution is -2.58. The summed E-state index contributed by atoms with van der Waals surface area (Å²) in [4.78, 5) is 49.7. The zero-order valence-corrected chi connectivity index (χ0v) is 22.1. The third kappa shape index (κ3) is 5.41. The number of nitrogens with two attached hydrogens (primary N) is 1. The van der Waals surface area contributed by atoms with Gasteiger partial charge in [-0.3, -0.25) is 14.4 Å². The maximum absolute atomic E-state index is 15.6. The number of carboxylic acid groups (broad SMARTS) is 2. The minimum Gasteiger partial charge on any atom is -0.492 e. The van der Waals surface area contributed by atoms with Gasteiger partial charge in [0.1, 0.15) is 11.3 Å². The lowest BCUT2D eigenvalue weighted by atomic mass is 9.78. The predicted octanol–water partition coefficient (Wildman–Crippen LogP) is 2.13. The fourth-order valence-corrected chi connectivity index (χ4v) is 5.10. The number of rotatable bonds is 8. The van der Waals surface area contributed by atoms with E-state index < -0.39 is 52.5 Å². The van der Waals surface area contributed by atoms with Crippen molar-refractivity contribution in [1.82, 2.24) is 9.88 Å². The summed E-state index contributed by atoms with van der Waals surface area (Å²) in [6.45, 7) is 4.45. The second-order valence-corrected chi connectivity index (χ2v) is 10.4. The van der Waals surface area contributed by atoms with E-state index >= 15 is 4.39 Å². The summed E-state index contributed by atoms with van der Waals surface area (Å²) in [6.07, 6.45) is 2.84. The number of halogens is 2. The summed E-state index contributed by atoms with van der Waals surface area (Å²) in [5.74, 6) is -3.67. The van der Waals surface area contributed by atoms with Crippen molar-refractivity contribution in [2.45, 2.75) is 57.7 Å². The van der Waals surface area contributed by atoms with Crippen LogP contribution in [0.4, 0.5) is 10.1 Å². The summed E-state index contributed by atoms with van der Waals surface area (Å²) in [5, 5.41) is 21.2. The number of benzene rings is 1. The smallest absolute Gasteiger partial charge is 0.341 e. The third-order valence-corrected chi connectivity index (χ3v) is 7.17. The van der Waals surface area contributed by atoms with E-state index in [9.17, 15) is 24.3 Å². The Morgan fingerprint density at radius 2 is 1.92 bits per heavy atom. The van der Waals surface area contributed by atoms with Gasteiger partial charge in [0, 0.05) is 36.8 Å². The maximum Gasteiger partial charge on any atom is 0.341 e. The van der Waals surface area contributed by atoms with Crippen molar-refractivity contribution in [2.24, 2.45) is 11.1 Å². The van der Waals surface area contributed by atoms with E-state index in [-0.39, 0.29) is 41.3 Å². The number of hydrogen-bond acceptors (Lipinski definition) is 7. The van der Waals surface area contributed by atoms with Crippen molar-refractivity contribution in [2.75, 3.05) is 25.1 Å². The number of methoxy groups -OCH3 is 1. The molecule has 1 amide bonds. The molecule has 5 N–H and O–H groups in total. The van der Waals surface area contributed by atoms with Gasteiger partial charge in [0.2, 0.25) is 11.3 Å². The van der Waals surface area contributed by atoms with Crippen LogP contribution in [0.3, 0.4) is 0 Å². The molecule has 2 aliphatic rings. The molecule has 2 atom stereocenters. The maximum atomic E-state index is 15.6. The molecule has 1 aromatic heterocycles. The molecule has 1 saturated heterocycles. The molecule has 1 saturated carbocycles. The van der Waals surface area contributed by atoms with E-state index in [0.29, 0.717) is 25.0 Å². The largest absolute Gasteiger partial charge is 0.492 e. The number of hydrogen-bond donors (Lipinski definition) is 4. The molecule has 0 radical (unpaired) electrons. The SMILES string of the molecule is COc1c(N2CCC(NC(=O)[C@@H](N)CC(=O)O)C(C)(C)C2)c(F)cc2c(=O)c(C(=O)O)cn(C3CC3)c12.Cl. The Kier molecular flexibility index (Phi) is 8.27. The monoisotopic (exact) mass is 554 g/mol. The number of piperidine rings is 1. The second kappa shape index (κ2) is 10.8. The van der Waals surface area contributed by atoms with Crippen molar-refractivity contribution in [3.05, 3.63) is 33.9 Å². The van der Waals surface area contributed by atoms with Gasteiger partial charge in [-0.15, -0.1) is 12.4 Å². The van der Waals surface area contributed by atoms with Crippen LogP contribution in [0.15, 0.2) is 17.1 Å². The first kappa shape index (κ1) is 29.2. The van der Waals surface area contributed by atoms with Crippen LogP contribution in [0.1, 0.15) is 55.9 Å². The number of fused-ring (bicyclic) bond motifs is 1. The first-order valence-electron chi connectivity index (χ1n) is 12.1. The number of nitrogens with zero attached hydrogens (tertiary/aromatic N) is 2. The number of aromatic carboxylic acids is 1. The van der Waals surface area contributed by atoms with Gasteiger partial charge < -0.3 is 35.5 Å². The van der Waals surface area contributed by atoms with Gasteiger partial charge in [0.05, 0.1) is 30.5 Å². The molecule has 2 heterocycles. The van der Waals surface area contributed by atoms with E-state index in [0.717, 1.165) is 18.9 Å². The highest BCUT2D eigenvalue weighted by molar-refractivity contribution is 5.97. The van der Waals surface area contributed by atoms with Gasteiger partial charge >= 0.3 is 11.9 Å². The van der Waals surface area contributed by atoms with Gasteiger partial charge in [-0.25, -0.2) is 9.18 Å². The van der Waals surface area contributed by atoms with Crippen LogP contribution in [0.2, 0.25) is 0 Å². The molecule has 13 heteroatoms. The van der Waals surface area contributed by atoms with Crippen LogP contribution in [0.5, 0.6) is 5.75 Å². The van der Waals surface area contributed by atoms with E-state index in [2.05, 4.69) is 5.32 Å². The summed E-state index contributed by atoms with van der Waals surface area (Å²) >= 11 is 0. The van der Waals surface area contributed by atoms with Gasteiger partial charge in [-0.05, 0) is 25.3 Å². The number of carbonyl (C=O) groups excluding carboxylic acids is 1. The first-order valence-corrected chi connectivity index (χ1v) is 12.1. The normalized spacial score (nSPS) is 19.4. The Hall–Kier alpha value is -3.38. The summed E-state index contributed by atoms with van der Waals surface area (Å²) in [7, 11) is 1.38. The zero-order chi connectivity index (χ0) is 27.2. The summed E-state index contributed by atoms with van der Waals surface area (Å²) in [6, 6.07) is -0.458. The van der Waals surface area contributed by atoms with Crippen molar-refractivity contribution < 1.29 is 33.7 Å². The van der Waals surface area contributed by atoms with E-state index in [1.807, 2.05) is 13.8 Å². The Labute approximate surface area is 224 Å². The highest BCUT2D eigenvalue weighted by Gasteiger charge is 2.40. The molecule has 1 aromatic carbocycles. The lowest BCUT2D eigenvalue weighted by Gasteiger charge is -2.46. The number of carboxylic acids is 2. The number of carbonyl (C=O) groups is 3. The highest BCUT2D eigenvalue weighted by atomic mass is 35.5. The van der Waals surface area contributed by atoms with E-state index in [1.54, 1.807) is 9.47 Å². The van der Waals surface area contributed by atoms with Gasteiger partial charge in [0.15, 0.2) is 11.6 Å². The quantitative estimate of drug-likeness (QED) is 0.382. The lowest BCUT2D eigenvalue weighted by molar-refractivity contribution is -0.139. The number of aromatic nitrogens is 1. The summed E-state index contributed by atoms with van der Waals surface area (Å²) < 4.78 is 23.0. The molecular weight excluding hydrogens is 523 g/mol. The van der Waals surface area contributed by atoms with Crippen LogP contribution >= 0.6 is 12.4 Å². The average molecular weight is 555 g/mol. The number of anilines is 1. The molecule has 0 spiro atoms. The Morgan fingerprint density at radius 1 is 1.26 bits per heavy atom. The molecule has 2 fully saturated rings. The summed E-state index contributed by atoms with van der Waals surface area (Å²) in [5.41, 5.74) is 4.45. The van der Waals surface area contributed by atoms with Gasteiger partial charge in [0.25, 0.3) is 0 Å². The molecule has 208 valence electrons. The molecule has 2 aromatic rings. The van der Waals surface area contributed by atoms with Crippen LogP contribution in [0.25, 0.3) is 10.9 Å². The molecule has 4 rings (SSSR count). The Balaban J connectivity index is 0.00000400. The molecular formula is C25H32ClFN4O7. The van der Waals surface area contributed by atoms with Crippen LogP contribution < -0.4 is 26.1 Å². The molecule has 38 heavy (non-hydrogen) atoms. The number of nitrogens with one attached hydrogen (secondary N) is 1. The number of pyridine rings is 1. The van der Waals surface area contributed by atoms with Crippen molar-refractivity contribution in [3.8, 4) is 5.75 Å². The number of aliphatic carboxylic acids is 1. The standard InChI is InChI=1S/C25H31FN4O7.ClH/c1-25(2)11-29(7-6-17(25)28-23(34)16(27)9-18(31)32)20-15(26)8-13-19(22(20)37-3)30(12-4-5-12)10-14(21(13)33)24(35)36;/h8,10,12,16-17H,4-7,9,11,27H2,1-3H3,(H,28,34)(H,31,32)(H,35,36);1H/t16-,17?;/m0./s1. The Morgan fingerprint density at radius 3 is 2.45 bits per heavy atom. The molecule has 0 bridgehead atoms. The third-order valence-electron chi connectivity index (χ3n) is 7.17. The highest BCUT2D eigenvalue weighted by Crippen LogP contribution is 2.45. The van der Waals surface area contributed by atoms with Gasteiger partial charge in [-0.1, -0.05) is 13.8 Å². The fraction of sp³-hybridized carbons (Fsp3) is 0.520. The van der Waals surface area contributed by atoms with Crippen molar-refractivity contribution in [3.63, 3.8) is 0 Å². The van der Waals surface area contributed by atoms with Crippen LogP contribution in [-0.2, 0) is 9.59 Å². The van der Waals surface area contributed by atoms with Crippen molar-refractivity contribution >= 4 is 46.8 Å². The average Bonchev–Trinajstić information content (AvgIpc) is 3.64. The van der Waals surface area contributed by atoms with E-state index in [4.69, 9.17) is 15.6 Å².